The molecular weight excluding hydrogens is 288 g/mol. The van der Waals surface area contributed by atoms with Crippen LogP contribution in [0.2, 0.25) is 0 Å². The summed E-state index contributed by atoms with van der Waals surface area (Å²) in [7, 11) is 0. The summed E-state index contributed by atoms with van der Waals surface area (Å²) in [5.41, 5.74) is -0.00139. The van der Waals surface area contributed by atoms with E-state index in [0.29, 0.717) is 12.6 Å². The standard InChI is InChI=1S/C14H22N4O2S/c1-14(2,3)12-18-17-11(21-12)7-15-13(19)16-9-6-8-4-5-10(9)20-8/h8-10H,4-7H2,1-3H3,(H2,15,16,19). The Morgan fingerprint density at radius 1 is 1.38 bits per heavy atom. The van der Waals surface area contributed by atoms with Crippen molar-refractivity contribution in [1.29, 1.82) is 0 Å². The predicted molar refractivity (Wildman–Crippen MR) is 80.3 cm³/mol. The van der Waals surface area contributed by atoms with Crippen LogP contribution in [0.25, 0.3) is 0 Å². The molecule has 6 nitrogen and oxygen atoms in total. The molecule has 2 saturated heterocycles. The van der Waals surface area contributed by atoms with Gasteiger partial charge < -0.3 is 15.4 Å². The average Bonchev–Trinajstić information content (AvgIpc) is 3.11. The number of nitrogens with zero attached hydrogens (tertiary/aromatic N) is 2. The van der Waals surface area contributed by atoms with Gasteiger partial charge in [0.2, 0.25) is 0 Å². The molecule has 0 aromatic carbocycles. The van der Waals surface area contributed by atoms with Crippen molar-refractivity contribution in [3.8, 4) is 0 Å². The molecule has 2 amide bonds. The van der Waals surface area contributed by atoms with Crippen LogP contribution in [0, 0.1) is 0 Å². The van der Waals surface area contributed by atoms with E-state index in [0.717, 1.165) is 29.3 Å². The molecule has 0 spiro atoms. The molecule has 0 saturated carbocycles. The summed E-state index contributed by atoms with van der Waals surface area (Å²) in [6.45, 7) is 6.73. The summed E-state index contributed by atoms with van der Waals surface area (Å²) in [6.07, 6.45) is 3.67. The van der Waals surface area contributed by atoms with Gasteiger partial charge in [-0.25, -0.2) is 4.79 Å². The lowest BCUT2D eigenvalue weighted by atomic mass is 9.96. The second-order valence-electron chi connectivity index (χ2n) is 6.79. The summed E-state index contributed by atoms with van der Waals surface area (Å²) < 4.78 is 5.73. The number of hydrogen-bond acceptors (Lipinski definition) is 5. The van der Waals surface area contributed by atoms with Crippen LogP contribution in [0.1, 0.15) is 50.0 Å². The number of ether oxygens (including phenoxy) is 1. The van der Waals surface area contributed by atoms with Gasteiger partial charge >= 0.3 is 6.03 Å². The summed E-state index contributed by atoms with van der Waals surface area (Å²) in [4.78, 5) is 11.9. The first-order chi connectivity index (χ1) is 9.91. The molecule has 2 bridgehead atoms. The summed E-state index contributed by atoms with van der Waals surface area (Å²) in [5, 5.41) is 16.0. The highest BCUT2D eigenvalue weighted by Crippen LogP contribution is 2.34. The summed E-state index contributed by atoms with van der Waals surface area (Å²) >= 11 is 1.55. The number of hydrogen-bond donors (Lipinski definition) is 2. The Bertz CT molecular complexity index is 525. The lowest BCUT2D eigenvalue weighted by Crippen LogP contribution is -2.46. The van der Waals surface area contributed by atoms with Gasteiger partial charge in [0.1, 0.15) is 10.0 Å². The van der Waals surface area contributed by atoms with E-state index in [9.17, 15) is 4.79 Å². The quantitative estimate of drug-likeness (QED) is 0.895. The molecule has 21 heavy (non-hydrogen) atoms. The largest absolute Gasteiger partial charge is 0.373 e. The number of amides is 2. The zero-order chi connectivity index (χ0) is 15.0. The Kier molecular flexibility index (Phi) is 3.88. The zero-order valence-electron chi connectivity index (χ0n) is 12.7. The average molecular weight is 310 g/mol. The van der Waals surface area contributed by atoms with Crippen LogP contribution in [0.3, 0.4) is 0 Å². The van der Waals surface area contributed by atoms with Crippen molar-refractivity contribution in [2.75, 3.05) is 0 Å². The Balaban J connectivity index is 1.46. The molecule has 3 unspecified atom stereocenters. The minimum absolute atomic E-state index is 0.00139. The Morgan fingerprint density at radius 2 is 2.19 bits per heavy atom. The predicted octanol–water partition coefficient (Wildman–Crippen LogP) is 1.95. The minimum atomic E-state index is -0.149. The number of carbonyl (C=O) groups excluding carboxylic acids is 1. The number of rotatable bonds is 3. The SMILES string of the molecule is CC(C)(C)c1nnc(CNC(=O)NC2CC3CCC2O3)s1. The molecule has 3 atom stereocenters. The van der Waals surface area contributed by atoms with Crippen LogP contribution >= 0.6 is 11.3 Å². The Labute approximate surface area is 128 Å². The fraction of sp³-hybridized carbons (Fsp3) is 0.786. The van der Waals surface area contributed by atoms with Gasteiger partial charge in [0.15, 0.2) is 0 Å². The maximum absolute atomic E-state index is 11.9. The third kappa shape index (κ3) is 3.35. The number of urea groups is 1. The monoisotopic (exact) mass is 310 g/mol. The lowest BCUT2D eigenvalue weighted by Gasteiger charge is -2.20. The van der Waals surface area contributed by atoms with E-state index in [2.05, 4.69) is 41.6 Å². The molecule has 2 aliphatic heterocycles. The van der Waals surface area contributed by atoms with E-state index in [4.69, 9.17) is 4.74 Å². The van der Waals surface area contributed by atoms with Crippen molar-refractivity contribution in [3.63, 3.8) is 0 Å². The first kappa shape index (κ1) is 14.7. The van der Waals surface area contributed by atoms with Gasteiger partial charge in [-0.1, -0.05) is 32.1 Å². The molecule has 116 valence electrons. The topological polar surface area (TPSA) is 76.1 Å². The van der Waals surface area contributed by atoms with Crippen LogP contribution in [0.15, 0.2) is 0 Å². The van der Waals surface area contributed by atoms with E-state index in [1.807, 2.05) is 0 Å². The number of fused-ring (bicyclic) bond motifs is 2. The van der Waals surface area contributed by atoms with Gasteiger partial charge in [0.25, 0.3) is 0 Å². The van der Waals surface area contributed by atoms with Crippen molar-refractivity contribution in [3.05, 3.63) is 10.0 Å². The summed E-state index contributed by atoms with van der Waals surface area (Å²) in [6, 6.07) is 0.00645. The van der Waals surface area contributed by atoms with E-state index < -0.39 is 0 Å². The molecule has 1 aromatic heterocycles. The van der Waals surface area contributed by atoms with E-state index in [1.165, 1.54) is 0 Å². The lowest BCUT2D eigenvalue weighted by molar-refractivity contribution is 0.0981. The number of carbonyl (C=O) groups is 1. The normalized spacial score (nSPS) is 27.9. The van der Waals surface area contributed by atoms with Gasteiger partial charge in [-0.3, -0.25) is 0 Å². The Morgan fingerprint density at radius 3 is 2.76 bits per heavy atom. The van der Waals surface area contributed by atoms with Crippen molar-refractivity contribution < 1.29 is 9.53 Å². The van der Waals surface area contributed by atoms with Crippen molar-refractivity contribution in [2.24, 2.45) is 0 Å². The van der Waals surface area contributed by atoms with Crippen LogP contribution < -0.4 is 10.6 Å². The third-order valence-corrected chi connectivity index (χ3v) is 5.28. The van der Waals surface area contributed by atoms with Crippen LogP contribution in [-0.2, 0) is 16.7 Å². The number of nitrogens with one attached hydrogen (secondary N) is 2. The van der Waals surface area contributed by atoms with E-state index >= 15 is 0 Å². The molecule has 3 rings (SSSR count). The van der Waals surface area contributed by atoms with E-state index in [1.54, 1.807) is 11.3 Å². The first-order valence-electron chi connectivity index (χ1n) is 7.44. The molecule has 0 aliphatic carbocycles. The fourth-order valence-electron chi connectivity index (χ4n) is 2.79. The second-order valence-corrected chi connectivity index (χ2v) is 7.86. The Hall–Kier alpha value is -1.21. The van der Waals surface area contributed by atoms with Gasteiger partial charge in [-0.2, -0.15) is 0 Å². The first-order valence-corrected chi connectivity index (χ1v) is 8.26. The number of aromatic nitrogens is 2. The maximum atomic E-state index is 11.9. The smallest absolute Gasteiger partial charge is 0.315 e. The fourth-order valence-corrected chi connectivity index (χ4v) is 3.63. The highest BCUT2D eigenvalue weighted by molar-refractivity contribution is 7.11. The van der Waals surface area contributed by atoms with E-state index in [-0.39, 0.29) is 23.6 Å². The van der Waals surface area contributed by atoms with Crippen LogP contribution in [0.5, 0.6) is 0 Å². The highest BCUT2D eigenvalue weighted by atomic mass is 32.1. The van der Waals surface area contributed by atoms with Crippen molar-refractivity contribution in [1.82, 2.24) is 20.8 Å². The molecular formula is C14H22N4O2S. The molecule has 2 fully saturated rings. The highest BCUT2D eigenvalue weighted by Gasteiger charge is 2.41. The van der Waals surface area contributed by atoms with Gasteiger partial charge in [-0.15, -0.1) is 10.2 Å². The van der Waals surface area contributed by atoms with Gasteiger partial charge in [0.05, 0.1) is 24.8 Å². The van der Waals surface area contributed by atoms with Crippen molar-refractivity contribution >= 4 is 17.4 Å². The minimum Gasteiger partial charge on any atom is -0.373 e. The molecule has 2 N–H and O–H groups in total. The van der Waals surface area contributed by atoms with Crippen LogP contribution in [-0.4, -0.2) is 34.5 Å². The molecule has 7 heteroatoms. The van der Waals surface area contributed by atoms with Gasteiger partial charge in [0, 0.05) is 5.41 Å². The van der Waals surface area contributed by atoms with Gasteiger partial charge in [-0.05, 0) is 19.3 Å². The summed E-state index contributed by atoms with van der Waals surface area (Å²) in [5.74, 6) is 0. The van der Waals surface area contributed by atoms with Crippen LogP contribution in [0.4, 0.5) is 4.79 Å². The molecule has 3 heterocycles. The second kappa shape index (κ2) is 5.53. The molecule has 0 radical (unpaired) electrons. The zero-order valence-corrected chi connectivity index (χ0v) is 13.5. The third-order valence-electron chi connectivity index (χ3n) is 3.93. The molecule has 1 aromatic rings. The molecule has 2 aliphatic rings. The van der Waals surface area contributed by atoms with Crippen molar-refractivity contribution in [2.45, 2.75) is 70.2 Å². The maximum Gasteiger partial charge on any atom is 0.315 e.